The molecule has 1 saturated heterocycles. The summed E-state index contributed by atoms with van der Waals surface area (Å²) in [6, 6.07) is 3.25. The number of piperidine rings is 1. The monoisotopic (exact) mass is 406 g/mol. The highest BCUT2D eigenvalue weighted by atomic mass is 32.2. The summed E-state index contributed by atoms with van der Waals surface area (Å²) in [7, 11) is 0. The van der Waals surface area contributed by atoms with Crippen molar-refractivity contribution in [1.29, 1.82) is 0 Å². The molecule has 28 heavy (non-hydrogen) atoms. The molecule has 10 heteroatoms. The molecule has 0 bridgehead atoms. The number of nitrogens with zero attached hydrogens (tertiary/aromatic N) is 4. The number of imide groups is 1. The molecule has 2 N–H and O–H groups in total. The Labute approximate surface area is 168 Å². The average Bonchev–Trinajstić information content (AvgIpc) is 3.30. The quantitative estimate of drug-likeness (QED) is 0.678. The van der Waals surface area contributed by atoms with Crippen molar-refractivity contribution in [3.63, 3.8) is 0 Å². The predicted molar refractivity (Wildman–Crippen MR) is 106 cm³/mol. The molecule has 9 nitrogen and oxygen atoms in total. The minimum absolute atomic E-state index is 0.0732. The number of amides is 3. The molecular formula is C18H26N6O3S. The maximum Gasteiger partial charge on any atom is 0.321 e. The second kappa shape index (κ2) is 9.63. The van der Waals surface area contributed by atoms with Gasteiger partial charge in [-0.1, -0.05) is 18.7 Å². The van der Waals surface area contributed by atoms with E-state index in [-0.39, 0.29) is 11.7 Å². The summed E-state index contributed by atoms with van der Waals surface area (Å²) in [6.07, 6.45) is 3.96. The second-order valence-corrected chi connectivity index (χ2v) is 7.78. The molecule has 0 spiro atoms. The number of furan rings is 1. The summed E-state index contributed by atoms with van der Waals surface area (Å²) in [4.78, 5) is 25.7. The van der Waals surface area contributed by atoms with E-state index in [0.717, 1.165) is 31.2 Å². The van der Waals surface area contributed by atoms with Crippen LogP contribution in [0.15, 0.2) is 28.0 Å². The molecule has 3 rings (SSSR count). The lowest BCUT2D eigenvalue weighted by Gasteiger charge is -2.31. The van der Waals surface area contributed by atoms with Gasteiger partial charge in [-0.05, 0) is 37.8 Å². The van der Waals surface area contributed by atoms with E-state index >= 15 is 0 Å². The van der Waals surface area contributed by atoms with Gasteiger partial charge in [0.1, 0.15) is 5.76 Å². The fourth-order valence-corrected chi connectivity index (χ4v) is 3.92. The largest absolute Gasteiger partial charge is 0.467 e. The molecule has 1 aliphatic rings. The lowest BCUT2D eigenvalue weighted by atomic mass is 10.0. The first kappa shape index (κ1) is 20.2. The number of urea groups is 1. The zero-order valence-electron chi connectivity index (χ0n) is 16.2. The van der Waals surface area contributed by atoms with Crippen LogP contribution in [-0.4, -0.2) is 52.1 Å². The number of hydrogen-bond donors (Lipinski definition) is 2. The highest BCUT2D eigenvalue weighted by Gasteiger charge is 2.24. The Hall–Kier alpha value is -2.49. The van der Waals surface area contributed by atoms with Gasteiger partial charge in [-0.3, -0.25) is 14.7 Å². The second-order valence-electron chi connectivity index (χ2n) is 6.84. The lowest BCUT2D eigenvalue weighted by Crippen LogP contribution is -2.40. The molecule has 1 atom stereocenters. The van der Waals surface area contributed by atoms with Crippen molar-refractivity contribution < 1.29 is 14.0 Å². The third-order valence-corrected chi connectivity index (χ3v) is 5.42. The van der Waals surface area contributed by atoms with E-state index in [2.05, 4.69) is 32.7 Å². The van der Waals surface area contributed by atoms with E-state index in [9.17, 15) is 9.59 Å². The molecule has 0 radical (unpaired) electrons. The number of thioether (sulfide) groups is 1. The van der Waals surface area contributed by atoms with Crippen LogP contribution >= 0.6 is 11.8 Å². The van der Waals surface area contributed by atoms with Crippen molar-refractivity contribution in [2.45, 2.75) is 38.4 Å². The number of anilines is 1. The van der Waals surface area contributed by atoms with Gasteiger partial charge >= 0.3 is 6.03 Å². The van der Waals surface area contributed by atoms with E-state index in [1.165, 1.54) is 18.2 Å². The summed E-state index contributed by atoms with van der Waals surface area (Å²) in [6.45, 7) is 6.84. The molecule has 2 aromatic rings. The Balaban J connectivity index is 1.72. The van der Waals surface area contributed by atoms with E-state index < -0.39 is 6.03 Å². The fraction of sp³-hybridized carbons (Fsp3) is 0.556. The topological polar surface area (TPSA) is 105 Å². The minimum atomic E-state index is -0.492. The van der Waals surface area contributed by atoms with E-state index in [1.807, 2.05) is 16.7 Å². The van der Waals surface area contributed by atoms with Crippen LogP contribution < -0.4 is 15.5 Å². The first-order valence-electron chi connectivity index (χ1n) is 9.47. The van der Waals surface area contributed by atoms with Gasteiger partial charge < -0.3 is 14.6 Å². The number of hydrogen-bond acceptors (Lipinski definition) is 7. The van der Waals surface area contributed by atoms with E-state index in [4.69, 9.17) is 4.42 Å². The molecule has 0 saturated carbocycles. The van der Waals surface area contributed by atoms with Crippen LogP contribution in [0.5, 0.6) is 0 Å². The molecule has 1 aliphatic heterocycles. The Morgan fingerprint density at radius 1 is 1.39 bits per heavy atom. The van der Waals surface area contributed by atoms with Crippen LogP contribution in [0.2, 0.25) is 0 Å². The van der Waals surface area contributed by atoms with Gasteiger partial charge in [0.15, 0.2) is 5.16 Å². The van der Waals surface area contributed by atoms with Crippen molar-refractivity contribution >= 4 is 29.6 Å². The SMILES string of the molecule is CCNC(=O)NC(=O)CSc1nnc(N2CCC[C@H](C)C2)n1Cc1ccco1. The molecule has 0 aromatic carbocycles. The van der Waals surface area contributed by atoms with Gasteiger partial charge in [0.2, 0.25) is 11.9 Å². The zero-order chi connectivity index (χ0) is 19.9. The molecule has 1 fully saturated rings. The third kappa shape index (κ3) is 5.28. The molecule has 3 amide bonds. The first-order valence-corrected chi connectivity index (χ1v) is 10.5. The standard InChI is InChI=1S/C18H26N6O3S/c1-3-19-16(26)20-15(25)12-28-18-22-21-17(23-8-4-6-13(2)10-23)24(18)11-14-7-5-9-27-14/h5,7,9,13H,3-4,6,8,10-12H2,1-2H3,(H2,19,20,25,26)/t13-/m0/s1. The minimum Gasteiger partial charge on any atom is -0.467 e. The third-order valence-electron chi connectivity index (χ3n) is 4.45. The number of carbonyl (C=O) groups excluding carboxylic acids is 2. The molecule has 152 valence electrons. The van der Waals surface area contributed by atoms with Crippen molar-refractivity contribution in [2.75, 3.05) is 30.3 Å². The average molecular weight is 407 g/mol. The van der Waals surface area contributed by atoms with Crippen LogP contribution in [0.25, 0.3) is 0 Å². The number of carbonyl (C=O) groups is 2. The van der Waals surface area contributed by atoms with E-state index in [1.54, 1.807) is 13.2 Å². The molecule has 2 aromatic heterocycles. The maximum absolute atomic E-state index is 12.0. The smallest absolute Gasteiger partial charge is 0.321 e. The van der Waals surface area contributed by atoms with Gasteiger partial charge in [-0.2, -0.15) is 0 Å². The van der Waals surface area contributed by atoms with Gasteiger partial charge in [-0.15, -0.1) is 10.2 Å². The number of rotatable bonds is 7. The Morgan fingerprint density at radius 2 is 2.25 bits per heavy atom. The van der Waals surface area contributed by atoms with Gasteiger partial charge in [0, 0.05) is 19.6 Å². The predicted octanol–water partition coefficient (Wildman–Crippen LogP) is 2.09. The summed E-state index contributed by atoms with van der Waals surface area (Å²) in [5, 5.41) is 14.1. The van der Waals surface area contributed by atoms with Crippen molar-refractivity contribution in [2.24, 2.45) is 5.92 Å². The fourth-order valence-electron chi connectivity index (χ4n) is 3.19. The van der Waals surface area contributed by atoms with Gasteiger partial charge in [0.05, 0.1) is 18.6 Å². The molecule has 3 heterocycles. The number of nitrogens with one attached hydrogen (secondary N) is 2. The molecular weight excluding hydrogens is 380 g/mol. The van der Waals surface area contributed by atoms with Crippen LogP contribution in [0.4, 0.5) is 10.7 Å². The zero-order valence-corrected chi connectivity index (χ0v) is 17.0. The van der Waals surface area contributed by atoms with Crippen molar-refractivity contribution in [3.05, 3.63) is 24.2 Å². The molecule has 0 unspecified atom stereocenters. The van der Waals surface area contributed by atoms with Crippen LogP contribution in [0.1, 0.15) is 32.4 Å². The number of aromatic nitrogens is 3. The van der Waals surface area contributed by atoms with Gasteiger partial charge in [-0.25, -0.2) is 4.79 Å². The Bertz CT molecular complexity index is 791. The molecule has 0 aliphatic carbocycles. The summed E-state index contributed by atoms with van der Waals surface area (Å²) in [5.41, 5.74) is 0. The highest BCUT2D eigenvalue weighted by molar-refractivity contribution is 7.99. The highest BCUT2D eigenvalue weighted by Crippen LogP contribution is 2.27. The Morgan fingerprint density at radius 3 is 2.96 bits per heavy atom. The van der Waals surface area contributed by atoms with Crippen LogP contribution in [0, 0.1) is 5.92 Å². The van der Waals surface area contributed by atoms with Crippen molar-refractivity contribution in [1.82, 2.24) is 25.4 Å². The van der Waals surface area contributed by atoms with Crippen LogP contribution in [0.3, 0.4) is 0 Å². The van der Waals surface area contributed by atoms with E-state index in [0.29, 0.717) is 24.2 Å². The van der Waals surface area contributed by atoms with Gasteiger partial charge in [0.25, 0.3) is 0 Å². The van der Waals surface area contributed by atoms with Crippen molar-refractivity contribution in [3.8, 4) is 0 Å². The summed E-state index contributed by atoms with van der Waals surface area (Å²) >= 11 is 1.25. The van der Waals surface area contributed by atoms with Crippen LogP contribution in [-0.2, 0) is 11.3 Å². The first-order chi connectivity index (χ1) is 13.6. The summed E-state index contributed by atoms with van der Waals surface area (Å²) < 4.78 is 7.47. The maximum atomic E-state index is 12.0. The Kier molecular flexibility index (Phi) is 6.96. The lowest BCUT2D eigenvalue weighted by molar-refractivity contribution is -0.117. The summed E-state index contributed by atoms with van der Waals surface area (Å²) in [5.74, 6) is 1.87. The normalized spacial score (nSPS) is 16.8.